The van der Waals surface area contributed by atoms with Crippen LogP contribution in [0.3, 0.4) is 0 Å². The van der Waals surface area contributed by atoms with E-state index in [0.717, 1.165) is 52.6 Å². The summed E-state index contributed by atoms with van der Waals surface area (Å²) in [5.41, 5.74) is 1.15. The number of rotatable bonds is 5. The molecule has 8 nitrogen and oxygen atoms in total. The van der Waals surface area contributed by atoms with E-state index in [9.17, 15) is 19.2 Å². The first-order valence-electron chi connectivity index (χ1n) is 12.5. The number of anilines is 1. The van der Waals surface area contributed by atoms with Crippen molar-refractivity contribution >= 4 is 78.4 Å². The Morgan fingerprint density at radius 2 is 1.69 bits per heavy atom. The molecule has 0 radical (unpaired) electrons. The standard InChI is InChI=1S/C27H23Br2N3O5S2/c28-14-4-7-16(8-5-14)32-25(34)21-20(22-24(30-27(36)39-22)38-23(21)26(32)35)17-12-15(29)6-9-18(17)37-13-19(33)31-10-2-1-3-11-31/h4-9,12,20-21,23H,1-3,10-11,13H2,(H,30,36). The van der Waals surface area contributed by atoms with Crippen molar-refractivity contribution in [2.45, 2.75) is 35.5 Å². The molecule has 3 aromatic rings. The van der Waals surface area contributed by atoms with Crippen LogP contribution in [-0.2, 0) is 14.4 Å². The monoisotopic (exact) mass is 691 g/mol. The summed E-state index contributed by atoms with van der Waals surface area (Å²) in [6.07, 6.45) is 3.09. The number of halogens is 2. The average Bonchev–Trinajstić information content (AvgIpc) is 3.43. The Balaban J connectivity index is 1.39. The summed E-state index contributed by atoms with van der Waals surface area (Å²) in [4.78, 5) is 59.3. The molecule has 2 saturated heterocycles. The van der Waals surface area contributed by atoms with Crippen molar-refractivity contribution in [1.29, 1.82) is 0 Å². The Hall–Kier alpha value is -2.41. The van der Waals surface area contributed by atoms with E-state index in [2.05, 4.69) is 36.8 Å². The van der Waals surface area contributed by atoms with Crippen LogP contribution in [0, 0.1) is 5.92 Å². The number of benzene rings is 2. The molecule has 3 unspecified atom stereocenters. The van der Waals surface area contributed by atoms with E-state index in [1.54, 1.807) is 30.3 Å². The van der Waals surface area contributed by atoms with Gasteiger partial charge in [0.1, 0.15) is 11.0 Å². The number of thiazole rings is 1. The van der Waals surface area contributed by atoms with Gasteiger partial charge in [-0.3, -0.25) is 19.2 Å². The van der Waals surface area contributed by atoms with Gasteiger partial charge in [0.05, 0.1) is 16.6 Å². The van der Waals surface area contributed by atoms with E-state index in [4.69, 9.17) is 4.74 Å². The van der Waals surface area contributed by atoms with Crippen molar-refractivity contribution in [3.8, 4) is 5.75 Å². The van der Waals surface area contributed by atoms with Crippen LogP contribution in [0.4, 0.5) is 5.69 Å². The molecule has 2 fully saturated rings. The molecule has 1 aromatic heterocycles. The van der Waals surface area contributed by atoms with Gasteiger partial charge in [0.15, 0.2) is 6.61 Å². The van der Waals surface area contributed by atoms with Gasteiger partial charge in [0.2, 0.25) is 11.8 Å². The number of likely N-dealkylation sites (tertiary alicyclic amines) is 1. The number of H-pyrrole nitrogens is 1. The highest BCUT2D eigenvalue weighted by Crippen LogP contribution is 2.54. The summed E-state index contributed by atoms with van der Waals surface area (Å²) in [7, 11) is 0. The summed E-state index contributed by atoms with van der Waals surface area (Å²) < 4.78 is 7.69. The Morgan fingerprint density at radius 3 is 2.44 bits per heavy atom. The third kappa shape index (κ3) is 5.00. The van der Waals surface area contributed by atoms with Crippen LogP contribution in [0.25, 0.3) is 0 Å². The third-order valence-corrected chi connectivity index (χ3v) is 10.7. The predicted molar refractivity (Wildman–Crippen MR) is 157 cm³/mol. The highest BCUT2D eigenvalue weighted by Gasteiger charge is 2.56. The van der Waals surface area contributed by atoms with E-state index in [-0.39, 0.29) is 29.2 Å². The second-order valence-electron chi connectivity index (χ2n) is 9.65. The van der Waals surface area contributed by atoms with E-state index in [0.29, 0.717) is 26.9 Å². The van der Waals surface area contributed by atoms with Crippen molar-refractivity contribution in [3.05, 3.63) is 71.5 Å². The number of nitrogens with one attached hydrogen (secondary N) is 1. The minimum Gasteiger partial charge on any atom is -0.483 e. The summed E-state index contributed by atoms with van der Waals surface area (Å²) in [6, 6.07) is 12.5. The lowest BCUT2D eigenvalue weighted by atomic mass is 9.82. The van der Waals surface area contributed by atoms with Crippen LogP contribution in [0.15, 0.2) is 61.2 Å². The molecule has 6 rings (SSSR count). The Morgan fingerprint density at radius 1 is 0.974 bits per heavy atom. The Kier molecular flexibility index (Phi) is 7.47. The number of thioether (sulfide) groups is 1. The molecule has 39 heavy (non-hydrogen) atoms. The van der Waals surface area contributed by atoms with Gasteiger partial charge in [-0.2, -0.15) is 0 Å². The SMILES string of the molecule is O=C(COc1ccc(Br)cc1C1c2sc(=O)[nH]c2SC2C(=O)N(c3ccc(Br)cc3)C(=O)C21)N1CCCCC1. The largest absolute Gasteiger partial charge is 0.483 e. The van der Waals surface area contributed by atoms with Gasteiger partial charge in [-0.05, 0) is 61.7 Å². The highest BCUT2D eigenvalue weighted by atomic mass is 79.9. The normalized spacial score (nSPS) is 22.6. The van der Waals surface area contributed by atoms with Gasteiger partial charge in [-0.1, -0.05) is 55.0 Å². The topological polar surface area (TPSA) is 99.8 Å². The van der Waals surface area contributed by atoms with Gasteiger partial charge in [0, 0.05) is 38.4 Å². The van der Waals surface area contributed by atoms with Crippen molar-refractivity contribution in [1.82, 2.24) is 9.88 Å². The molecule has 0 aliphatic carbocycles. The number of imide groups is 1. The number of carbonyl (C=O) groups excluding carboxylic acids is 3. The maximum atomic E-state index is 14.0. The molecule has 3 atom stereocenters. The van der Waals surface area contributed by atoms with Gasteiger partial charge >= 0.3 is 4.87 Å². The van der Waals surface area contributed by atoms with Gasteiger partial charge in [-0.15, -0.1) is 0 Å². The molecular formula is C27H23Br2N3O5S2. The minimum absolute atomic E-state index is 0.0823. The van der Waals surface area contributed by atoms with Gasteiger partial charge < -0.3 is 14.6 Å². The number of hydrogen-bond donors (Lipinski definition) is 1. The number of piperidine rings is 1. The van der Waals surface area contributed by atoms with E-state index < -0.39 is 17.1 Å². The lowest BCUT2D eigenvalue weighted by Gasteiger charge is -2.31. The summed E-state index contributed by atoms with van der Waals surface area (Å²) in [5, 5.41) is -0.129. The van der Waals surface area contributed by atoms with Crippen LogP contribution >= 0.6 is 55.0 Å². The molecule has 3 aliphatic heterocycles. The average molecular weight is 693 g/mol. The minimum atomic E-state index is -0.750. The smallest absolute Gasteiger partial charge is 0.305 e. The van der Waals surface area contributed by atoms with Crippen molar-refractivity contribution in [2.24, 2.45) is 5.92 Å². The number of aromatic nitrogens is 1. The summed E-state index contributed by atoms with van der Waals surface area (Å²) in [6.45, 7) is 1.32. The summed E-state index contributed by atoms with van der Waals surface area (Å²) >= 11 is 9.21. The number of carbonyl (C=O) groups is 3. The highest BCUT2D eigenvalue weighted by molar-refractivity contribution is 9.10. The van der Waals surface area contributed by atoms with Crippen LogP contribution in [0.5, 0.6) is 5.75 Å². The molecule has 2 aromatic carbocycles. The molecule has 3 aliphatic rings. The number of nitrogens with zero attached hydrogens (tertiary/aromatic N) is 2. The second kappa shape index (κ2) is 10.9. The zero-order valence-electron chi connectivity index (χ0n) is 20.5. The first-order chi connectivity index (χ1) is 18.8. The molecule has 3 amide bonds. The second-order valence-corrected chi connectivity index (χ2v) is 13.6. The molecule has 1 N–H and O–H groups in total. The quantitative estimate of drug-likeness (QED) is 0.372. The number of hydrogen-bond acceptors (Lipinski definition) is 7. The Labute approximate surface area is 249 Å². The third-order valence-electron chi connectivity index (χ3n) is 7.28. The molecule has 202 valence electrons. The fraction of sp³-hybridized carbons (Fsp3) is 0.333. The van der Waals surface area contributed by atoms with E-state index in [1.807, 2.05) is 17.0 Å². The first-order valence-corrected chi connectivity index (χ1v) is 15.8. The van der Waals surface area contributed by atoms with Gasteiger partial charge in [0.25, 0.3) is 5.91 Å². The summed E-state index contributed by atoms with van der Waals surface area (Å²) in [5.74, 6) is -1.64. The molecular weight excluding hydrogens is 670 g/mol. The Bertz CT molecular complexity index is 1520. The van der Waals surface area contributed by atoms with E-state index >= 15 is 0 Å². The fourth-order valence-electron chi connectivity index (χ4n) is 5.46. The zero-order chi connectivity index (χ0) is 27.3. The molecule has 12 heteroatoms. The number of amides is 3. The lowest BCUT2D eigenvalue weighted by molar-refractivity contribution is -0.134. The number of ether oxygens (including phenoxy) is 1. The predicted octanol–water partition coefficient (Wildman–Crippen LogP) is 5.15. The van der Waals surface area contributed by atoms with Crippen molar-refractivity contribution in [2.75, 3.05) is 24.6 Å². The van der Waals surface area contributed by atoms with Crippen LogP contribution < -0.4 is 14.5 Å². The van der Waals surface area contributed by atoms with Gasteiger partial charge in [-0.25, -0.2) is 4.90 Å². The van der Waals surface area contributed by atoms with Crippen molar-refractivity contribution in [3.63, 3.8) is 0 Å². The van der Waals surface area contributed by atoms with Crippen LogP contribution in [-0.4, -0.2) is 52.6 Å². The fourth-order valence-corrected chi connectivity index (χ4v) is 8.61. The first kappa shape index (κ1) is 26.8. The van der Waals surface area contributed by atoms with Crippen molar-refractivity contribution < 1.29 is 19.1 Å². The molecule has 0 spiro atoms. The lowest BCUT2D eigenvalue weighted by Crippen LogP contribution is -2.38. The number of fused-ring (bicyclic) bond motifs is 2. The number of aromatic amines is 1. The van der Waals surface area contributed by atoms with Crippen LogP contribution in [0.2, 0.25) is 0 Å². The van der Waals surface area contributed by atoms with E-state index in [1.165, 1.54) is 16.7 Å². The molecule has 4 heterocycles. The molecule has 0 bridgehead atoms. The zero-order valence-corrected chi connectivity index (χ0v) is 25.3. The van der Waals surface area contributed by atoms with Crippen LogP contribution in [0.1, 0.15) is 35.6 Å². The molecule has 0 saturated carbocycles. The maximum absolute atomic E-state index is 14.0. The maximum Gasteiger partial charge on any atom is 0.305 e.